The Hall–Kier alpha value is -2.52. The van der Waals surface area contributed by atoms with Gasteiger partial charge in [0.1, 0.15) is 6.29 Å². The predicted molar refractivity (Wildman–Crippen MR) is 74.2 cm³/mol. The van der Waals surface area contributed by atoms with Gasteiger partial charge < -0.3 is 0 Å². The molecule has 2 amide bonds. The van der Waals surface area contributed by atoms with Crippen LogP contribution in [-0.4, -0.2) is 36.1 Å². The zero-order valence-corrected chi connectivity index (χ0v) is 11.6. The van der Waals surface area contributed by atoms with E-state index in [1.165, 1.54) is 0 Å². The van der Waals surface area contributed by atoms with E-state index >= 15 is 0 Å². The van der Waals surface area contributed by atoms with Crippen LogP contribution in [0.4, 0.5) is 0 Å². The minimum absolute atomic E-state index is 0.260. The van der Waals surface area contributed by atoms with E-state index in [4.69, 9.17) is 5.26 Å². The predicted octanol–water partition coefficient (Wildman–Crippen LogP) is 0.608. The molecule has 2 rings (SSSR count). The van der Waals surface area contributed by atoms with Crippen LogP contribution >= 0.6 is 0 Å². The molecule has 6 heteroatoms. The van der Waals surface area contributed by atoms with Crippen molar-refractivity contribution in [3.05, 3.63) is 34.9 Å². The lowest BCUT2D eigenvalue weighted by Crippen LogP contribution is -2.51. The first-order chi connectivity index (χ1) is 10.0. The zero-order chi connectivity index (χ0) is 15.4. The maximum Gasteiger partial charge on any atom is 0.243 e. The lowest BCUT2D eigenvalue weighted by molar-refractivity contribution is -0.137. The lowest BCUT2D eigenvalue weighted by atomic mass is 10.0. The highest BCUT2D eigenvalue weighted by Crippen LogP contribution is 2.17. The maximum atomic E-state index is 11.8. The second-order valence-corrected chi connectivity index (χ2v) is 5.03. The van der Waals surface area contributed by atoms with Crippen molar-refractivity contribution < 1.29 is 14.4 Å². The molecule has 1 fully saturated rings. The third-order valence-corrected chi connectivity index (χ3v) is 3.56. The summed E-state index contributed by atoms with van der Waals surface area (Å²) < 4.78 is 0. The fraction of sp³-hybridized carbons (Fsp3) is 0.333. The second-order valence-electron chi connectivity index (χ2n) is 5.03. The zero-order valence-electron chi connectivity index (χ0n) is 11.6. The first kappa shape index (κ1) is 14.9. The Morgan fingerprint density at radius 3 is 2.86 bits per heavy atom. The molecule has 1 aliphatic heterocycles. The molecule has 0 spiro atoms. The van der Waals surface area contributed by atoms with Crippen LogP contribution in [0.2, 0.25) is 0 Å². The van der Waals surface area contributed by atoms with Crippen molar-refractivity contribution in [1.82, 2.24) is 10.2 Å². The lowest BCUT2D eigenvalue weighted by Gasteiger charge is -2.29. The number of hydrogen-bond donors (Lipinski definition) is 1. The summed E-state index contributed by atoms with van der Waals surface area (Å²) in [5.74, 6) is -0.581. The second kappa shape index (κ2) is 6.29. The summed E-state index contributed by atoms with van der Waals surface area (Å²) in [7, 11) is 1.76. The number of imide groups is 1. The third-order valence-electron chi connectivity index (χ3n) is 3.56. The van der Waals surface area contributed by atoms with Gasteiger partial charge in [0.15, 0.2) is 0 Å². The molecular weight excluding hydrogens is 270 g/mol. The van der Waals surface area contributed by atoms with Crippen molar-refractivity contribution in [2.75, 3.05) is 7.05 Å². The normalized spacial score (nSPS) is 18.2. The number of nitriles is 1. The number of carbonyl (C=O) groups is 3. The average Bonchev–Trinajstić information content (AvgIpc) is 2.46. The van der Waals surface area contributed by atoms with Gasteiger partial charge in [0.25, 0.3) is 0 Å². The van der Waals surface area contributed by atoms with Crippen molar-refractivity contribution in [2.24, 2.45) is 0 Å². The first-order valence-corrected chi connectivity index (χ1v) is 6.57. The van der Waals surface area contributed by atoms with E-state index in [0.717, 1.165) is 6.29 Å². The van der Waals surface area contributed by atoms with E-state index in [1.54, 1.807) is 30.1 Å². The number of hydrogen-bond acceptors (Lipinski definition) is 5. The van der Waals surface area contributed by atoms with Crippen molar-refractivity contribution in [1.29, 1.82) is 5.26 Å². The molecule has 1 aliphatic rings. The van der Waals surface area contributed by atoms with Gasteiger partial charge in [-0.2, -0.15) is 5.26 Å². The molecule has 0 aliphatic carbocycles. The Labute approximate surface area is 122 Å². The number of benzene rings is 1. The van der Waals surface area contributed by atoms with Crippen molar-refractivity contribution >= 4 is 18.1 Å². The average molecular weight is 285 g/mol. The van der Waals surface area contributed by atoms with Crippen molar-refractivity contribution in [2.45, 2.75) is 25.4 Å². The van der Waals surface area contributed by atoms with E-state index < -0.39 is 6.04 Å². The van der Waals surface area contributed by atoms with Crippen molar-refractivity contribution in [3.8, 4) is 6.07 Å². The highest BCUT2D eigenvalue weighted by Gasteiger charge is 2.29. The smallest absolute Gasteiger partial charge is 0.243 e. The third kappa shape index (κ3) is 3.33. The molecule has 0 saturated carbocycles. The summed E-state index contributed by atoms with van der Waals surface area (Å²) in [4.78, 5) is 35.8. The summed E-state index contributed by atoms with van der Waals surface area (Å²) in [6.45, 7) is 0.357. The number of aldehydes is 1. The number of nitrogens with one attached hydrogen (secondary N) is 1. The van der Waals surface area contributed by atoms with Crippen LogP contribution in [0, 0.1) is 11.3 Å². The summed E-state index contributed by atoms with van der Waals surface area (Å²) in [5, 5.41) is 11.2. The van der Waals surface area contributed by atoms with E-state index in [2.05, 4.69) is 5.32 Å². The van der Waals surface area contributed by atoms with Gasteiger partial charge in [-0.1, -0.05) is 6.07 Å². The minimum atomic E-state index is -0.409. The summed E-state index contributed by atoms with van der Waals surface area (Å²) in [6, 6.07) is 6.44. The quantitative estimate of drug-likeness (QED) is 0.646. The van der Waals surface area contributed by atoms with Gasteiger partial charge in [-0.15, -0.1) is 0 Å². The van der Waals surface area contributed by atoms with E-state index in [1.807, 2.05) is 6.07 Å². The first-order valence-electron chi connectivity index (χ1n) is 6.57. The standard InChI is InChI=1S/C15H15N3O3/c1-18(13-4-5-14(20)17-15(13)21)8-12-6-10(7-16)2-3-11(12)9-19/h2-3,6,9,13H,4-5,8H2,1H3,(H,17,20,21). The highest BCUT2D eigenvalue weighted by atomic mass is 16.2. The fourth-order valence-electron chi connectivity index (χ4n) is 2.41. The van der Waals surface area contributed by atoms with Gasteiger partial charge in [-0.25, -0.2) is 0 Å². The number of carbonyl (C=O) groups excluding carboxylic acids is 3. The molecule has 108 valence electrons. The maximum absolute atomic E-state index is 11.8. The van der Waals surface area contributed by atoms with Crippen LogP contribution in [0.25, 0.3) is 0 Å². The Bertz CT molecular complexity index is 634. The van der Waals surface area contributed by atoms with Gasteiger partial charge in [-0.05, 0) is 31.2 Å². The molecule has 1 atom stereocenters. The van der Waals surface area contributed by atoms with E-state index in [9.17, 15) is 14.4 Å². The van der Waals surface area contributed by atoms with Crippen LogP contribution in [0.1, 0.15) is 34.3 Å². The van der Waals surface area contributed by atoms with Crippen LogP contribution in [-0.2, 0) is 16.1 Å². The Morgan fingerprint density at radius 2 is 2.24 bits per heavy atom. The number of rotatable bonds is 4. The number of nitrogens with zero attached hydrogens (tertiary/aromatic N) is 2. The molecule has 1 N–H and O–H groups in total. The van der Waals surface area contributed by atoms with Crippen molar-refractivity contribution in [3.63, 3.8) is 0 Å². The van der Waals surface area contributed by atoms with E-state index in [0.29, 0.717) is 36.1 Å². The van der Waals surface area contributed by atoms with Gasteiger partial charge >= 0.3 is 0 Å². The largest absolute Gasteiger partial charge is 0.298 e. The molecule has 0 aromatic heterocycles. The van der Waals surface area contributed by atoms with Crippen LogP contribution in [0.5, 0.6) is 0 Å². The van der Waals surface area contributed by atoms with Gasteiger partial charge in [0.05, 0.1) is 17.7 Å². The molecule has 1 aromatic carbocycles. The van der Waals surface area contributed by atoms with E-state index in [-0.39, 0.29) is 11.8 Å². The molecule has 0 radical (unpaired) electrons. The minimum Gasteiger partial charge on any atom is -0.298 e. The van der Waals surface area contributed by atoms with Crippen LogP contribution in [0.3, 0.4) is 0 Å². The summed E-state index contributed by atoms with van der Waals surface area (Å²) in [6.07, 6.45) is 1.49. The molecule has 1 saturated heterocycles. The molecule has 1 heterocycles. The molecule has 0 bridgehead atoms. The van der Waals surface area contributed by atoms with Gasteiger partial charge in [0.2, 0.25) is 11.8 Å². The van der Waals surface area contributed by atoms with Gasteiger partial charge in [0, 0.05) is 18.5 Å². The Balaban J connectivity index is 2.17. The topological polar surface area (TPSA) is 90.3 Å². The fourth-order valence-corrected chi connectivity index (χ4v) is 2.41. The number of likely N-dealkylation sites (N-methyl/N-ethyl adjacent to an activating group) is 1. The molecule has 1 aromatic rings. The monoisotopic (exact) mass is 285 g/mol. The Kier molecular flexibility index (Phi) is 4.45. The highest BCUT2D eigenvalue weighted by molar-refractivity contribution is 6.00. The molecule has 6 nitrogen and oxygen atoms in total. The van der Waals surface area contributed by atoms with Gasteiger partial charge in [-0.3, -0.25) is 24.6 Å². The van der Waals surface area contributed by atoms with Crippen LogP contribution in [0.15, 0.2) is 18.2 Å². The number of amides is 2. The summed E-state index contributed by atoms with van der Waals surface area (Å²) in [5.41, 5.74) is 1.65. The number of piperidine rings is 1. The molecule has 21 heavy (non-hydrogen) atoms. The molecular formula is C15H15N3O3. The Morgan fingerprint density at radius 1 is 1.48 bits per heavy atom. The molecule has 1 unspecified atom stereocenters. The van der Waals surface area contributed by atoms with Crippen LogP contribution < -0.4 is 5.32 Å². The summed E-state index contributed by atoms with van der Waals surface area (Å²) >= 11 is 0. The SMILES string of the molecule is CN(Cc1cc(C#N)ccc1C=O)C1CCC(=O)NC1=O.